The van der Waals surface area contributed by atoms with E-state index in [1.165, 1.54) is 21.9 Å². The Labute approximate surface area is 159 Å². The van der Waals surface area contributed by atoms with Gasteiger partial charge in [-0.1, -0.05) is 23.7 Å². The van der Waals surface area contributed by atoms with E-state index in [2.05, 4.69) is 9.88 Å². The number of halogens is 1. The topological polar surface area (TPSA) is 57.9 Å². The monoisotopic (exact) mass is 388 g/mol. The smallest absolute Gasteiger partial charge is 0.271 e. The Balaban J connectivity index is 1.43. The van der Waals surface area contributed by atoms with Gasteiger partial charge in [-0.25, -0.2) is 4.98 Å². The van der Waals surface area contributed by atoms with Crippen molar-refractivity contribution < 1.29 is 4.79 Å². The second kappa shape index (κ2) is 7.19. The van der Waals surface area contributed by atoms with E-state index in [1.807, 2.05) is 24.3 Å². The Morgan fingerprint density at radius 2 is 2.04 bits per heavy atom. The number of thiazole rings is 1. The van der Waals surface area contributed by atoms with Crippen LogP contribution in [-0.2, 0) is 6.54 Å². The van der Waals surface area contributed by atoms with Gasteiger partial charge >= 0.3 is 0 Å². The SMILES string of the molecule is O=C(c1cnc2sccn2c1=O)N1CCN(Cc2cccc(Cl)c2)CC1. The third kappa shape index (κ3) is 3.38. The minimum atomic E-state index is -0.303. The molecule has 1 aliphatic heterocycles. The molecule has 0 unspecified atom stereocenters. The van der Waals surface area contributed by atoms with Gasteiger partial charge in [-0.15, -0.1) is 11.3 Å². The molecule has 26 heavy (non-hydrogen) atoms. The molecule has 0 atom stereocenters. The zero-order chi connectivity index (χ0) is 18.1. The average Bonchev–Trinajstić information content (AvgIpc) is 3.12. The third-order valence-corrected chi connectivity index (χ3v) is 5.53. The number of carbonyl (C=O) groups is 1. The highest BCUT2D eigenvalue weighted by Gasteiger charge is 2.24. The van der Waals surface area contributed by atoms with Crippen LogP contribution in [0.25, 0.3) is 4.96 Å². The Morgan fingerprint density at radius 1 is 1.23 bits per heavy atom. The largest absolute Gasteiger partial charge is 0.336 e. The molecule has 1 amide bonds. The van der Waals surface area contributed by atoms with Crippen molar-refractivity contribution in [1.29, 1.82) is 0 Å². The third-order valence-electron chi connectivity index (χ3n) is 4.53. The second-order valence-electron chi connectivity index (χ2n) is 6.23. The Hall–Kier alpha value is -2.22. The first-order chi connectivity index (χ1) is 12.6. The molecule has 4 rings (SSSR count). The van der Waals surface area contributed by atoms with Gasteiger partial charge in [0, 0.05) is 55.5 Å². The van der Waals surface area contributed by atoms with Crippen molar-refractivity contribution >= 4 is 33.8 Å². The van der Waals surface area contributed by atoms with Crippen LogP contribution in [0.15, 0.2) is 46.8 Å². The van der Waals surface area contributed by atoms with Crippen molar-refractivity contribution in [3.05, 3.63) is 68.5 Å². The second-order valence-corrected chi connectivity index (χ2v) is 7.54. The number of fused-ring (bicyclic) bond motifs is 1. The fourth-order valence-electron chi connectivity index (χ4n) is 3.14. The van der Waals surface area contributed by atoms with Crippen LogP contribution in [0.2, 0.25) is 5.02 Å². The summed E-state index contributed by atoms with van der Waals surface area (Å²) in [6.07, 6.45) is 3.05. The number of aromatic nitrogens is 2. The van der Waals surface area contributed by atoms with Crippen molar-refractivity contribution in [2.45, 2.75) is 6.54 Å². The molecule has 8 heteroatoms. The van der Waals surface area contributed by atoms with E-state index in [-0.39, 0.29) is 17.0 Å². The minimum Gasteiger partial charge on any atom is -0.336 e. The number of hydrogen-bond donors (Lipinski definition) is 0. The number of carbonyl (C=O) groups excluding carboxylic acids is 1. The highest BCUT2D eigenvalue weighted by atomic mass is 35.5. The van der Waals surface area contributed by atoms with E-state index in [4.69, 9.17) is 11.6 Å². The van der Waals surface area contributed by atoms with Gasteiger partial charge in [-0.05, 0) is 17.7 Å². The summed E-state index contributed by atoms with van der Waals surface area (Å²) in [6, 6.07) is 7.81. The van der Waals surface area contributed by atoms with E-state index in [0.717, 1.165) is 30.2 Å². The number of nitrogens with zero attached hydrogens (tertiary/aromatic N) is 4. The quantitative estimate of drug-likeness (QED) is 0.691. The zero-order valence-electron chi connectivity index (χ0n) is 14.0. The van der Waals surface area contributed by atoms with Crippen molar-refractivity contribution in [2.24, 2.45) is 0 Å². The lowest BCUT2D eigenvalue weighted by molar-refractivity contribution is 0.0626. The van der Waals surface area contributed by atoms with E-state index < -0.39 is 0 Å². The van der Waals surface area contributed by atoms with E-state index >= 15 is 0 Å². The van der Waals surface area contributed by atoms with Crippen molar-refractivity contribution in [1.82, 2.24) is 19.2 Å². The zero-order valence-corrected chi connectivity index (χ0v) is 15.5. The van der Waals surface area contributed by atoms with Crippen molar-refractivity contribution in [3.63, 3.8) is 0 Å². The maximum absolute atomic E-state index is 12.7. The molecule has 1 aromatic carbocycles. The number of piperazine rings is 1. The molecule has 1 aliphatic rings. The first kappa shape index (κ1) is 17.2. The standard InChI is InChI=1S/C18H17ClN4O2S/c19-14-3-1-2-13(10-14)12-21-4-6-22(7-5-21)16(24)15-11-20-18-23(17(15)25)8-9-26-18/h1-3,8-11H,4-7,12H2. The maximum atomic E-state index is 12.7. The van der Waals surface area contributed by atoms with Crippen LogP contribution in [-0.4, -0.2) is 51.3 Å². The molecule has 0 N–H and O–H groups in total. The molecule has 0 radical (unpaired) electrons. The normalized spacial score (nSPS) is 15.5. The first-order valence-corrected chi connectivity index (χ1v) is 9.58. The maximum Gasteiger partial charge on any atom is 0.271 e. The van der Waals surface area contributed by atoms with E-state index in [1.54, 1.807) is 16.5 Å². The number of rotatable bonds is 3. The highest BCUT2D eigenvalue weighted by Crippen LogP contribution is 2.15. The lowest BCUT2D eigenvalue weighted by atomic mass is 10.2. The highest BCUT2D eigenvalue weighted by molar-refractivity contribution is 7.15. The van der Waals surface area contributed by atoms with Crippen molar-refractivity contribution in [3.8, 4) is 0 Å². The molecule has 0 bridgehead atoms. The Morgan fingerprint density at radius 3 is 2.81 bits per heavy atom. The number of amides is 1. The van der Waals surface area contributed by atoms with Gasteiger partial charge in [0.05, 0.1) is 0 Å². The fourth-order valence-corrected chi connectivity index (χ4v) is 4.03. The van der Waals surface area contributed by atoms with Crippen LogP contribution in [0.3, 0.4) is 0 Å². The Kier molecular flexibility index (Phi) is 4.76. The summed E-state index contributed by atoms with van der Waals surface area (Å²) < 4.78 is 1.42. The van der Waals surface area contributed by atoms with Gasteiger partial charge in [0.25, 0.3) is 11.5 Å². The molecule has 3 aromatic rings. The van der Waals surface area contributed by atoms with Gasteiger partial charge < -0.3 is 4.90 Å². The molecule has 3 heterocycles. The molecular formula is C18H17ClN4O2S. The molecule has 0 aliphatic carbocycles. The van der Waals surface area contributed by atoms with Crippen LogP contribution in [0.5, 0.6) is 0 Å². The predicted octanol–water partition coefficient (Wildman–Crippen LogP) is 2.37. The predicted molar refractivity (Wildman–Crippen MR) is 102 cm³/mol. The molecule has 0 spiro atoms. The Bertz CT molecular complexity index is 1010. The van der Waals surface area contributed by atoms with Crippen LogP contribution in [0.4, 0.5) is 0 Å². The summed E-state index contributed by atoms with van der Waals surface area (Å²) in [5.74, 6) is -0.245. The van der Waals surface area contributed by atoms with Gasteiger partial charge in [0.15, 0.2) is 4.96 Å². The lowest BCUT2D eigenvalue weighted by Gasteiger charge is -2.34. The molecular weight excluding hydrogens is 372 g/mol. The summed E-state index contributed by atoms with van der Waals surface area (Å²) in [5.41, 5.74) is 0.981. The summed E-state index contributed by atoms with van der Waals surface area (Å²) >= 11 is 7.41. The lowest BCUT2D eigenvalue weighted by Crippen LogP contribution is -2.49. The summed E-state index contributed by atoms with van der Waals surface area (Å²) in [5, 5.41) is 2.51. The first-order valence-electron chi connectivity index (χ1n) is 8.33. The van der Waals surface area contributed by atoms with E-state index in [9.17, 15) is 9.59 Å². The molecule has 134 valence electrons. The molecule has 6 nitrogen and oxygen atoms in total. The van der Waals surface area contributed by atoms with Crippen LogP contribution < -0.4 is 5.56 Å². The summed E-state index contributed by atoms with van der Waals surface area (Å²) in [4.78, 5) is 34.0. The fraction of sp³-hybridized carbons (Fsp3) is 0.278. The molecule has 0 saturated carbocycles. The summed E-state index contributed by atoms with van der Waals surface area (Å²) in [7, 11) is 0. The summed E-state index contributed by atoms with van der Waals surface area (Å²) in [6.45, 7) is 3.49. The number of benzene rings is 1. The van der Waals surface area contributed by atoms with Gasteiger partial charge in [-0.2, -0.15) is 0 Å². The number of hydrogen-bond acceptors (Lipinski definition) is 5. The van der Waals surface area contributed by atoms with Crippen molar-refractivity contribution in [2.75, 3.05) is 26.2 Å². The van der Waals surface area contributed by atoms with Gasteiger partial charge in [0.1, 0.15) is 5.56 Å². The van der Waals surface area contributed by atoms with Crippen LogP contribution in [0, 0.1) is 0 Å². The van der Waals surface area contributed by atoms with Crippen LogP contribution in [0.1, 0.15) is 15.9 Å². The molecule has 1 fully saturated rings. The van der Waals surface area contributed by atoms with Crippen LogP contribution >= 0.6 is 22.9 Å². The molecule has 1 saturated heterocycles. The van der Waals surface area contributed by atoms with Gasteiger partial charge in [-0.3, -0.25) is 18.9 Å². The molecule has 2 aromatic heterocycles. The van der Waals surface area contributed by atoms with E-state index in [0.29, 0.717) is 18.1 Å². The minimum absolute atomic E-state index is 0.129. The van der Waals surface area contributed by atoms with Gasteiger partial charge in [0.2, 0.25) is 0 Å². The average molecular weight is 389 g/mol.